The van der Waals surface area contributed by atoms with Crippen LogP contribution in [-0.2, 0) is 10.3 Å². The lowest BCUT2D eigenvalue weighted by molar-refractivity contribution is -0.119. The SMILES string of the molecule is COc1cc(C2CC2)ncc1-c1nc2c(n1C(C)C)[C@]1(C(=O)Nc3cc(Cl)ccc31)N(c1cccc(Cl)c1)C2=O. The van der Waals surface area contributed by atoms with Crippen molar-refractivity contribution in [2.45, 2.75) is 44.2 Å². The van der Waals surface area contributed by atoms with Crippen LogP contribution in [-0.4, -0.2) is 33.5 Å². The summed E-state index contributed by atoms with van der Waals surface area (Å²) in [5.41, 5.74) is 2.40. The molecule has 1 fully saturated rings. The summed E-state index contributed by atoms with van der Waals surface area (Å²) in [5.74, 6) is 0.801. The van der Waals surface area contributed by atoms with Crippen LogP contribution in [0, 0.1) is 0 Å². The summed E-state index contributed by atoms with van der Waals surface area (Å²) < 4.78 is 7.75. The van der Waals surface area contributed by atoms with Gasteiger partial charge in [0.25, 0.3) is 11.8 Å². The van der Waals surface area contributed by atoms with E-state index in [1.165, 1.54) is 4.90 Å². The van der Waals surface area contributed by atoms with Crippen molar-refractivity contribution >= 4 is 46.4 Å². The normalized spacial score (nSPS) is 19.4. The first kappa shape index (κ1) is 25.1. The van der Waals surface area contributed by atoms with Crippen LogP contribution in [0.5, 0.6) is 5.75 Å². The third-order valence-corrected chi connectivity index (χ3v) is 8.34. The van der Waals surface area contributed by atoms with Gasteiger partial charge in [-0.1, -0.05) is 35.3 Å². The predicted molar refractivity (Wildman–Crippen MR) is 153 cm³/mol. The summed E-state index contributed by atoms with van der Waals surface area (Å²) in [6, 6.07) is 13.9. The fourth-order valence-electron chi connectivity index (χ4n) is 6.03. The molecule has 10 heteroatoms. The zero-order valence-electron chi connectivity index (χ0n) is 22.0. The minimum Gasteiger partial charge on any atom is -0.496 e. The molecule has 1 saturated carbocycles. The summed E-state index contributed by atoms with van der Waals surface area (Å²) in [6.45, 7) is 4.00. The minimum atomic E-state index is -1.54. The van der Waals surface area contributed by atoms with Gasteiger partial charge in [-0.15, -0.1) is 0 Å². The maximum absolute atomic E-state index is 14.4. The highest BCUT2D eigenvalue weighted by atomic mass is 35.5. The van der Waals surface area contributed by atoms with E-state index in [4.69, 9.17) is 37.9 Å². The molecule has 40 heavy (non-hydrogen) atoms. The lowest BCUT2D eigenvalue weighted by Crippen LogP contribution is -2.51. The number of carbonyl (C=O) groups excluding carboxylic acids is 2. The van der Waals surface area contributed by atoms with Gasteiger partial charge < -0.3 is 14.6 Å². The van der Waals surface area contributed by atoms with Crippen molar-refractivity contribution in [1.82, 2.24) is 14.5 Å². The van der Waals surface area contributed by atoms with Gasteiger partial charge >= 0.3 is 0 Å². The van der Waals surface area contributed by atoms with Crippen LogP contribution in [0.3, 0.4) is 0 Å². The quantitative estimate of drug-likeness (QED) is 0.291. The molecule has 1 N–H and O–H groups in total. The summed E-state index contributed by atoms with van der Waals surface area (Å²) in [4.78, 5) is 39.8. The van der Waals surface area contributed by atoms with Gasteiger partial charge in [-0.05, 0) is 57.0 Å². The Hall–Kier alpha value is -3.88. The van der Waals surface area contributed by atoms with E-state index in [-0.39, 0.29) is 17.6 Å². The largest absolute Gasteiger partial charge is 0.496 e. The van der Waals surface area contributed by atoms with Crippen molar-refractivity contribution < 1.29 is 14.3 Å². The van der Waals surface area contributed by atoms with Gasteiger partial charge in [-0.3, -0.25) is 19.5 Å². The molecule has 1 aliphatic carbocycles. The topological polar surface area (TPSA) is 89.3 Å². The van der Waals surface area contributed by atoms with Gasteiger partial charge in [-0.25, -0.2) is 4.98 Å². The number of amides is 2. The highest BCUT2D eigenvalue weighted by Crippen LogP contribution is 2.55. The number of imidazole rings is 1. The zero-order valence-corrected chi connectivity index (χ0v) is 23.5. The number of aromatic nitrogens is 3. The van der Waals surface area contributed by atoms with Gasteiger partial charge in [0.05, 0.1) is 18.4 Å². The van der Waals surface area contributed by atoms with E-state index < -0.39 is 11.4 Å². The molecule has 1 atom stereocenters. The number of nitrogens with zero attached hydrogens (tertiary/aromatic N) is 4. The first-order valence-corrected chi connectivity index (χ1v) is 13.9. The monoisotopic (exact) mass is 573 g/mol. The van der Waals surface area contributed by atoms with Crippen LogP contribution >= 0.6 is 23.2 Å². The second-order valence-electron chi connectivity index (χ2n) is 10.7. The van der Waals surface area contributed by atoms with E-state index in [2.05, 4.69) is 5.32 Å². The summed E-state index contributed by atoms with van der Waals surface area (Å²) in [7, 11) is 1.61. The molecule has 8 nitrogen and oxygen atoms in total. The van der Waals surface area contributed by atoms with Crippen LogP contribution in [0.1, 0.15) is 66.1 Å². The molecule has 0 bridgehead atoms. The van der Waals surface area contributed by atoms with Gasteiger partial charge in [0.2, 0.25) is 0 Å². The Morgan fingerprint density at radius 3 is 2.55 bits per heavy atom. The van der Waals surface area contributed by atoms with E-state index in [0.717, 1.165) is 18.5 Å². The lowest BCUT2D eigenvalue weighted by atomic mass is 9.87. The Morgan fingerprint density at radius 1 is 1.07 bits per heavy atom. The molecule has 202 valence electrons. The molecule has 4 heterocycles. The molecular formula is C30H25Cl2N5O3. The van der Waals surface area contributed by atoms with Crippen molar-refractivity contribution in [1.29, 1.82) is 0 Å². The van der Waals surface area contributed by atoms with Gasteiger partial charge in [0.15, 0.2) is 11.2 Å². The van der Waals surface area contributed by atoms with E-state index in [1.807, 2.05) is 24.5 Å². The van der Waals surface area contributed by atoms with E-state index in [9.17, 15) is 9.59 Å². The summed E-state index contributed by atoms with van der Waals surface area (Å²) in [5, 5.41) is 3.90. The minimum absolute atomic E-state index is 0.174. The van der Waals surface area contributed by atoms with Crippen LogP contribution in [0.4, 0.5) is 11.4 Å². The number of methoxy groups -OCH3 is 1. The molecular weight excluding hydrogens is 549 g/mol. The highest BCUT2D eigenvalue weighted by molar-refractivity contribution is 6.32. The van der Waals surface area contributed by atoms with Crippen LogP contribution < -0.4 is 15.0 Å². The summed E-state index contributed by atoms with van der Waals surface area (Å²) in [6.07, 6.45) is 3.98. The van der Waals surface area contributed by atoms with Gasteiger partial charge in [0.1, 0.15) is 11.6 Å². The predicted octanol–water partition coefficient (Wildman–Crippen LogP) is 6.57. The third kappa shape index (κ3) is 3.39. The number of anilines is 2. The molecule has 2 aromatic carbocycles. The second kappa shape index (κ2) is 8.81. The standard InChI is InChI=1S/C30H25Cl2N5O3/c1-15(2)36-26-25(35-27(36)20-14-33-22(16-7-8-16)13-24(20)40-3)28(38)37(19-6-4-5-17(31)11-19)30(26)21-10-9-18(32)12-23(21)34-29(30)39/h4-6,9-16H,7-8H2,1-3H3,(H,34,39)/t30-/m1/s1. The molecule has 4 aromatic rings. The van der Waals surface area contributed by atoms with Crippen molar-refractivity contribution in [3.8, 4) is 17.1 Å². The fraction of sp³-hybridized carbons (Fsp3) is 0.267. The molecule has 2 aromatic heterocycles. The number of fused-ring (bicyclic) bond motifs is 4. The average Bonchev–Trinajstić information content (AvgIpc) is 3.58. The second-order valence-corrected chi connectivity index (χ2v) is 11.5. The van der Waals surface area contributed by atoms with E-state index >= 15 is 0 Å². The maximum atomic E-state index is 14.4. The highest BCUT2D eigenvalue weighted by Gasteiger charge is 2.64. The number of hydrogen-bond donors (Lipinski definition) is 1. The number of benzene rings is 2. The maximum Gasteiger partial charge on any atom is 0.280 e. The third-order valence-electron chi connectivity index (χ3n) is 7.87. The molecule has 7 rings (SSSR count). The average molecular weight is 574 g/mol. The Bertz CT molecular complexity index is 1750. The van der Waals surface area contributed by atoms with E-state index in [1.54, 1.807) is 55.8 Å². The van der Waals surface area contributed by atoms with Crippen molar-refractivity contribution in [3.63, 3.8) is 0 Å². The molecule has 1 spiro atoms. The number of pyridine rings is 1. The number of halogens is 2. The van der Waals surface area contributed by atoms with Crippen molar-refractivity contribution in [2.24, 2.45) is 0 Å². The van der Waals surface area contributed by atoms with Crippen LogP contribution in [0.25, 0.3) is 11.4 Å². The zero-order chi connectivity index (χ0) is 27.9. The van der Waals surface area contributed by atoms with Crippen LogP contribution in [0.15, 0.2) is 54.7 Å². The number of nitrogens with one attached hydrogen (secondary N) is 1. The molecule has 0 radical (unpaired) electrons. The molecule has 0 unspecified atom stereocenters. The van der Waals surface area contributed by atoms with Crippen molar-refractivity contribution in [2.75, 3.05) is 17.3 Å². The number of rotatable bonds is 5. The first-order valence-electron chi connectivity index (χ1n) is 13.1. The van der Waals surface area contributed by atoms with Gasteiger partial charge in [0, 0.05) is 56.9 Å². The van der Waals surface area contributed by atoms with E-state index in [0.29, 0.717) is 55.7 Å². The van der Waals surface area contributed by atoms with Crippen LogP contribution in [0.2, 0.25) is 10.0 Å². The first-order chi connectivity index (χ1) is 19.2. The molecule has 2 aliphatic heterocycles. The Balaban J connectivity index is 1.54. The Morgan fingerprint density at radius 2 is 1.85 bits per heavy atom. The number of carbonyl (C=O) groups is 2. The smallest absolute Gasteiger partial charge is 0.280 e. The van der Waals surface area contributed by atoms with Crippen molar-refractivity contribution in [3.05, 3.63) is 87.4 Å². The Kier molecular flexibility index (Phi) is 5.53. The lowest BCUT2D eigenvalue weighted by Gasteiger charge is -2.35. The fourth-order valence-corrected chi connectivity index (χ4v) is 6.39. The number of ether oxygens (including phenoxy) is 1. The molecule has 3 aliphatic rings. The van der Waals surface area contributed by atoms with Gasteiger partial charge in [-0.2, -0.15) is 0 Å². The Labute approximate surface area is 240 Å². The molecule has 2 amide bonds. The number of hydrogen-bond acceptors (Lipinski definition) is 5. The summed E-state index contributed by atoms with van der Waals surface area (Å²) >= 11 is 12.7. The molecule has 0 saturated heterocycles.